The maximum atomic E-state index is 12.8. The summed E-state index contributed by atoms with van der Waals surface area (Å²) in [4.78, 5) is 12.8. The van der Waals surface area contributed by atoms with Gasteiger partial charge in [0.1, 0.15) is 5.75 Å². The van der Waals surface area contributed by atoms with Crippen molar-refractivity contribution in [1.82, 2.24) is 5.32 Å². The van der Waals surface area contributed by atoms with E-state index < -0.39 is 0 Å². The summed E-state index contributed by atoms with van der Waals surface area (Å²) in [5.41, 5.74) is 1.23. The van der Waals surface area contributed by atoms with Crippen molar-refractivity contribution in [2.45, 2.75) is 27.2 Å². The molecule has 0 aromatic heterocycles. The van der Waals surface area contributed by atoms with Gasteiger partial charge < -0.3 is 15.4 Å². The number of benzene rings is 1. The SMILES string of the molecule is COc1cc(Cl)c(C)cc1NC(=O)C1(C(C)C)CCNC1. The third-order valence-electron chi connectivity index (χ3n) is 4.47. The highest BCUT2D eigenvalue weighted by Gasteiger charge is 2.44. The van der Waals surface area contributed by atoms with Crippen LogP contribution >= 0.6 is 11.6 Å². The molecule has 0 bridgehead atoms. The van der Waals surface area contributed by atoms with E-state index >= 15 is 0 Å². The lowest BCUT2D eigenvalue weighted by molar-refractivity contribution is -0.126. The normalized spacial score (nSPS) is 21.6. The number of carbonyl (C=O) groups excluding carboxylic acids is 1. The standard InChI is InChI=1S/C16H23ClN2O2/c1-10(2)16(5-6-18-9-16)15(20)19-13-7-11(3)12(17)8-14(13)21-4/h7-8,10,18H,5-6,9H2,1-4H3,(H,19,20). The van der Waals surface area contributed by atoms with Crippen LogP contribution in [-0.2, 0) is 4.79 Å². The molecule has 1 fully saturated rings. The molecule has 116 valence electrons. The predicted molar refractivity (Wildman–Crippen MR) is 86.1 cm³/mol. The molecule has 2 rings (SSSR count). The van der Waals surface area contributed by atoms with Crippen LogP contribution in [0.5, 0.6) is 5.75 Å². The van der Waals surface area contributed by atoms with Crippen LogP contribution in [0.15, 0.2) is 12.1 Å². The predicted octanol–water partition coefficient (Wildman–Crippen LogP) is 3.23. The van der Waals surface area contributed by atoms with E-state index in [-0.39, 0.29) is 17.2 Å². The minimum Gasteiger partial charge on any atom is -0.495 e. The first-order valence-corrected chi connectivity index (χ1v) is 7.65. The van der Waals surface area contributed by atoms with Crippen molar-refractivity contribution < 1.29 is 9.53 Å². The van der Waals surface area contributed by atoms with Crippen LogP contribution in [0.3, 0.4) is 0 Å². The number of rotatable bonds is 4. The van der Waals surface area contributed by atoms with Gasteiger partial charge in [0, 0.05) is 17.6 Å². The second-order valence-corrected chi connectivity index (χ2v) is 6.40. The van der Waals surface area contributed by atoms with Crippen molar-refractivity contribution in [3.63, 3.8) is 0 Å². The fraction of sp³-hybridized carbons (Fsp3) is 0.562. The van der Waals surface area contributed by atoms with E-state index in [2.05, 4.69) is 24.5 Å². The Hall–Kier alpha value is -1.26. The van der Waals surface area contributed by atoms with Crippen LogP contribution < -0.4 is 15.4 Å². The summed E-state index contributed by atoms with van der Waals surface area (Å²) in [6.45, 7) is 7.69. The number of halogens is 1. The molecule has 21 heavy (non-hydrogen) atoms. The fourth-order valence-corrected chi connectivity index (χ4v) is 2.99. The molecule has 1 atom stereocenters. The molecule has 1 aliphatic heterocycles. The quantitative estimate of drug-likeness (QED) is 0.897. The lowest BCUT2D eigenvalue weighted by atomic mass is 9.75. The minimum atomic E-state index is -0.363. The minimum absolute atomic E-state index is 0.0440. The Morgan fingerprint density at radius 1 is 1.48 bits per heavy atom. The van der Waals surface area contributed by atoms with Crippen molar-refractivity contribution in [3.05, 3.63) is 22.7 Å². The Balaban J connectivity index is 2.29. The summed E-state index contributed by atoms with van der Waals surface area (Å²) < 4.78 is 5.32. The first-order valence-electron chi connectivity index (χ1n) is 7.27. The molecule has 1 unspecified atom stereocenters. The Kier molecular flexibility index (Phi) is 4.79. The molecule has 1 saturated heterocycles. The molecule has 0 saturated carbocycles. The first-order chi connectivity index (χ1) is 9.90. The van der Waals surface area contributed by atoms with Crippen molar-refractivity contribution in [2.24, 2.45) is 11.3 Å². The Morgan fingerprint density at radius 3 is 2.71 bits per heavy atom. The number of hydrogen-bond acceptors (Lipinski definition) is 3. The zero-order valence-corrected chi connectivity index (χ0v) is 13.8. The van der Waals surface area contributed by atoms with Gasteiger partial charge in [-0.25, -0.2) is 0 Å². The molecule has 1 heterocycles. The molecule has 1 aliphatic rings. The van der Waals surface area contributed by atoms with Gasteiger partial charge >= 0.3 is 0 Å². The number of amides is 1. The highest BCUT2D eigenvalue weighted by atomic mass is 35.5. The molecule has 0 spiro atoms. The van der Waals surface area contributed by atoms with Crippen LogP contribution in [0.4, 0.5) is 5.69 Å². The summed E-state index contributed by atoms with van der Waals surface area (Å²) in [5, 5.41) is 6.96. The highest BCUT2D eigenvalue weighted by Crippen LogP contribution is 2.37. The van der Waals surface area contributed by atoms with E-state index in [0.29, 0.717) is 23.0 Å². The third-order valence-corrected chi connectivity index (χ3v) is 4.88. The van der Waals surface area contributed by atoms with Gasteiger partial charge in [0.25, 0.3) is 0 Å². The number of ether oxygens (including phenoxy) is 1. The van der Waals surface area contributed by atoms with Gasteiger partial charge in [-0.1, -0.05) is 25.4 Å². The highest BCUT2D eigenvalue weighted by molar-refractivity contribution is 6.31. The molecule has 0 aliphatic carbocycles. The Bertz CT molecular complexity index is 537. The molecule has 1 aromatic carbocycles. The monoisotopic (exact) mass is 310 g/mol. The maximum absolute atomic E-state index is 12.8. The van der Waals surface area contributed by atoms with Crippen molar-refractivity contribution in [1.29, 1.82) is 0 Å². The summed E-state index contributed by atoms with van der Waals surface area (Å²) in [6, 6.07) is 3.59. The van der Waals surface area contributed by atoms with Crippen molar-refractivity contribution in [3.8, 4) is 5.75 Å². The molecular weight excluding hydrogens is 288 g/mol. The average molecular weight is 311 g/mol. The topological polar surface area (TPSA) is 50.4 Å². The first kappa shape index (κ1) is 16.1. The van der Waals surface area contributed by atoms with Crippen LogP contribution in [0.25, 0.3) is 0 Å². The van der Waals surface area contributed by atoms with E-state index in [9.17, 15) is 4.79 Å². The number of anilines is 1. The number of methoxy groups -OCH3 is 1. The van der Waals surface area contributed by atoms with E-state index in [4.69, 9.17) is 16.3 Å². The van der Waals surface area contributed by atoms with Gasteiger partial charge in [0.2, 0.25) is 5.91 Å². The zero-order chi connectivity index (χ0) is 15.6. The molecule has 1 aromatic rings. The summed E-state index contributed by atoms with van der Waals surface area (Å²) in [5.74, 6) is 0.901. The number of carbonyl (C=O) groups is 1. The molecule has 5 heteroatoms. The Morgan fingerprint density at radius 2 is 2.19 bits per heavy atom. The summed E-state index contributed by atoms with van der Waals surface area (Å²) in [6.07, 6.45) is 0.853. The molecule has 0 radical (unpaired) electrons. The van der Waals surface area contributed by atoms with Gasteiger partial charge in [-0.2, -0.15) is 0 Å². The van der Waals surface area contributed by atoms with E-state index in [1.807, 2.05) is 13.0 Å². The van der Waals surface area contributed by atoms with E-state index in [1.165, 1.54) is 0 Å². The van der Waals surface area contributed by atoms with Crippen LogP contribution in [0.1, 0.15) is 25.8 Å². The van der Waals surface area contributed by atoms with Gasteiger partial charge in [-0.15, -0.1) is 0 Å². The lowest BCUT2D eigenvalue weighted by Gasteiger charge is -2.31. The molecule has 1 amide bonds. The van der Waals surface area contributed by atoms with Gasteiger partial charge in [-0.3, -0.25) is 4.79 Å². The van der Waals surface area contributed by atoms with Gasteiger partial charge in [0.15, 0.2) is 0 Å². The van der Waals surface area contributed by atoms with Crippen LogP contribution in [0.2, 0.25) is 5.02 Å². The Labute approximate surface area is 131 Å². The van der Waals surface area contributed by atoms with Crippen LogP contribution in [-0.4, -0.2) is 26.1 Å². The van der Waals surface area contributed by atoms with Crippen molar-refractivity contribution >= 4 is 23.2 Å². The van der Waals surface area contributed by atoms with Gasteiger partial charge in [0.05, 0.1) is 18.2 Å². The number of hydrogen-bond donors (Lipinski definition) is 2. The van der Waals surface area contributed by atoms with Crippen LogP contribution in [0, 0.1) is 18.3 Å². The summed E-state index contributed by atoms with van der Waals surface area (Å²) >= 11 is 6.10. The zero-order valence-electron chi connectivity index (χ0n) is 13.0. The summed E-state index contributed by atoms with van der Waals surface area (Å²) in [7, 11) is 1.58. The number of aryl methyl sites for hydroxylation is 1. The molecule has 4 nitrogen and oxygen atoms in total. The lowest BCUT2D eigenvalue weighted by Crippen LogP contribution is -2.42. The van der Waals surface area contributed by atoms with Gasteiger partial charge in [-0.05, 0) is 37.4 Å². The van der Waals surface area contributed by atoms with E-state index in [1.54, 1.807) is 13.2 Å². The van der Waals surface area contributed by atoms with E-state index in [0.717, 1.165) is 18.5 Å². The maximum Gasteiger partial charge on any atom is 0.232 e. The second-order valence-electron chi connectivity index (χ2n) is 5.99. The second kappa shape index (κ2) is 6.24. The molecule has 2 N–H and O–H groups in total. The van der Waals surface area contributed by atoms with Crippen molar-refractivity contribution in [2.75, 3.05) is 25.5 Å². The third kappa shape index (κ3) is 3.01. The number of nitrogens with one attached hydrogen (secondary N) is 2. The average Bonchev–Trinajstić information content (AvgIpc) is 2.93. The smallest absolute Gasteiger partial charge is 0.232 e. The molecular formula is C16H23ClN2O2. The largest absolute Gasteiger partial charge is 0.495 e. The fourth-order valence-electron chi connectivity index (χ4n) is 2.84.